The fourth-order valence-electron chi connectivity index (χ4n) is 0.945. The van der Waals surface area contributed by atoms with Gasteiger partial charge in [-0.25, -0.2) is 0 Å². The molecule has 64 valence electrons. The van der Waals surface area contributed by atoms with Crippen molar-refractivity contribution in [3.8, 4) is 0 Å². The Labute approximate surface area is 71.1 Å². The summed E-state index contributed by atoms with van der Waals surface area (Å²) in [6, 6.07) is 6.91. The van der Waals surface area contributed by atoms with Crippen LogP contribution in [0.2, 0.25) is 0 Å². The van der Waals surface area contributed by atoms with Crippen LogP contribution in [0.15, 0.2) is 30.3 Å². The third kappa shape index (κ3) is 2.08. The summed E-state index contributed by atoms with van der Waals surface area (Å²) < 4.78 is 0. The van der Waals surface area contributed by atoms with Crippen LogP contribution in [0.25, 0.3) is 6.08 Å². The van der Waals surface area contributed by atoms with Gasteiger partial charge in [-0.3, -0.25) is 10.4 Å². The number of allylic oxidation sites excluding steroid dienone is 1. The lowest BCUT2D eigenvalue weighted by Crippen LogP contribution is -2.10. The summed E-state index contributed by atoms with van der Waals surface area (Å²) in [7, 11) is 0. The third-order valence-electron chi connectivity index (χ3n) is 1.46. The second kappa shape index (κ2) is 3.90. The maximum atomic E-state index is 8.68. The van der Waals surface area contributed by atoms with E-state index >= 15 is 0 Å². The van der Waals surface area contributed by atoms with Gasteiger partial charge < -0.3 is 0 Å². The van der Waals surface area contributed by atoms with Crippen LogP contribution >= 0.6 is 0 Å². The summed E-state index contributed by atoms with van der Waals surface area (Å²) in [4.78, 5) is 0. The van der Waals surface area contributed by atoms with Crippen molar-refractivity contribution in [1.82, 2.24) is 0 Å². The van der Waals surface area contributed by atoms with Gasteiger partial charge in [0.2, 0.25) is 0 Å². The molecule has 0 heterocycles. The van der Waals surface area contributed by atoms with Gasteiger partial charge in [0.25, 0.3) is 0 Å². The molecule has 1 aromatic carbocycles. The van der Waals surface area contributed by atoms with Crippen molar-refractivity contribution < 1.29 is 10.4 Å². The van der Waals surface area contributed by atoms with Gasteiger partial charge in [-0.05, 0) is 24.6 Å². The molecule has 1 aromatic rings. The molecule has 0 atom stereocenters. The SMILES string of the molecule is CC=Cc1cccc(N(O)O)c1. The second-order valence-electron chi connectivity index (χ2n) is 2.38. The topological polar surface area (TPSA) is 43.7 Å². The summed E-state index contributed by atoms with van der Waals surface area (Å²) >= 11 is 0. The fraction of sp³-hybridized carbons (Fsp3) is 0.111. The molecule has 0 unspecified atom stereocenters. The van der Waals surface area contributed by atoms with E-state index in [1.807, 2.05) is 25.1 Å². The molecule has 0 amide bonds. The number of nitrogens with zero attached hydrogens (tertiary/aromatic N) is 1. The van der Waals surface area contributed by atoms with Gasteiger partial charge in [0.05, 0.1) is 5.69 Å². The van der Waals surface area contributed by atoms with Crippen molar-refractivity contribution in [2.24, 2.45) is 0 Å². The van der Waals surface area contributed by atoms with Crippen LogP contribution in [0.5, 0.6) is 0 Å². The van der Waals surface area contributed by atoms with Crippen LogP contribution in [0, 0.1) is 0 Å². The highest BCUT2D eigenvalue weighted by molar-refractivity contribution is 5.56. The summed E-state index contributed by atoms with van der Waals surface area (Å²) in [5.74, 6) is 0. The monoisotopic (exact) mass is 165 g/mol. The van der Waals surface area contributed by atoms with E-state index in [0.29, 0.717) is 5.69 Å². The van der Waals surface area contributed by atoms with Crippen molar-refractivity contribution in [3.63, 3.8) is 0 Å². The average molecular weight is 165 g/mol. The quantitative estimate of drug-likeness (QED) is 0.661. The number of hydrogen-bond acceptors (Lipinski definition) is 3. The molecule has 0 aliphatic rings. The van der Waals surface area contributed by atoms with Gasteiger partial charge in [0.1, 0.15) is 0 Å². The Bertz CT molecular complexity index is 282. The maximum absolute atomic E-state index is 8.68. The summed E-state index contributed by atoms with van der Waals surface area (Å²) in [5, 5.41) is 17.5. The van der Waals surface area contributed by atoms with Crippen LogP contribution in [0.4, 0.5) is 5.69 Å². The van der Waals surface area contributed by atoms with E-state index in [4.69, 9.17) is 10.4 Å². The fourth-order valence-corrected chi connectivity index (χ4v) is 0.945. The smallest absolute Gasteiger partial charge is 0.0948 e. The predicted octanol–water partition coefficient (Wildman–Crippen LogP) is 2.30. The minimum Gasteiger partial charge on any atom is -0.264 e. The van der Waals surface area contributed by atoms with Gasteiger partial charge in [-0.2, -0.15) is 0 Å². The van der Waals surface area contributed by atoms with Gasteiger partial charge >= 0.3 is 0 Å². The maximum Gasteiger partial charge on any atom is 0.0948 e. The largest absolute Gasteiger partial charge is 0.264 e. The highest BCUT2D eigenvalue weighted by atomic mass is 16.8. The molecule has 12 heavy (non-hydrogen) atoms. The number of anilines is 1. The van der Waals surface area contributed by atoms with E-state index in [1.54, 1.807) is 18.2 Å². The van der Waals surface area contributed by atoms with E-state index in [2.05, 4.69) is 0 Å². The molecule has 0 aliphatic carbocycles. The Morgan fingerprint density at radius 2 is 2.08 bits per heavy atom. The predicted molar refractivity (Wildman–Crippen MR) is 47.2 cm³/mol. The molecule has 1 rings (SSSR count). The highest BCUT2D eigenvalue weighted by Gasteiger charge is 1.97. The molecule has 0 saturated carbocycles. The third-order valence-corrected chi connectivity index (χ3v) is 1.46. The van der Waals surface area contributed by atoms with Crippen LogP contribution < -0.4 is 5.23 Å². The van der Waals surface area contributed by atoms with E-state index in [9.17, 15) is 0 Å². The van der Waals surface area contributed by atoms with Gasteiger partial charge in [-0.1, -0.05) is 24.3 Å². The average Bonchev–Trinajstić information content (AvgIpc) is 2.05. The van der Waals surface area contributed by atoms with Crippen molar-refractivity contribution in [2.45, 2.75) is 6.92 Å². The van der Waals surface area contributed by atoms with Crippen LogP contribution in [0.1, 0.15) is 12.5 Å². The zero-order chi connectivity index (χ0) is 8.97. The Balaban J connectivity index is 2.95. The summed E-state index contributed by atoms with van der Waals surface area (Å²) in [5.41, 5.74) is 1.29. The van der Waals surface area contributed by atoms with Crippen molar-refractivity contribution >= 4 is 11.8 Å². The zero-order valence-electron chi connectivity index (χ0n) is 6.81. The number of rotatable bonds is 2. The summed E-state index contributed by atoms with van der Waals surface area (Å²) in [6.45, 7) is 1.91. The Morgan fingerprint density at radius 1 is 1.33 bits per heavy atom. The van der Waals surface area contributed by atoms with E-state index in [-0.39, 0.29) is 5.23 Å². The minimum atomic E-state index is 0.104. The Hall–Kier alpha value is -1.32. The van der Waals surface area contributed by atoms with Crippen LogP contribution in [-0.2, 0) is 0 Å². The first-order valence-corrected chi connectivity index (χ1v) is 3.64. The second-order valence-corrected chi connectivity index (χ2v) is 2.38. The Kier molecular flexibility index (Phi) is 2.85. The lowest BCUT2D eigenvalue weighted by molar-refractivity contribution is 0.0291. The molecule has 0 spiro atoms. The first kappa shape index (κ1) is 8.77. The van der Waals surface area contributed by atoms with Crippen molar-refractivity contribution in [2.75, 3.05) is 5.23 Å². The summed E-state index contributed by atoms with van der Waals surface area (Å²) in [6.07, 6.45) is 3.77. The van der Waals surface area contributed by atoms with Crippen molar-refractivity contribution in [1.29, 1.82) is 0 Å². The molecule has 3 heteroatoms. The van der Waals surface area contributed by atoms with Crippen LogP contribution in [0.3, 0.4) is 0 Å². The van der Waals surface area contributed by atoms with Crippen LogP contribution in [-0.4, -0.2) is 10.4 Å². The number of hydrogen-bond donors (Lipinski definition) is 2. The van der Waals surface area contributed by atoms with E-state index in [1.165, 1.54) is 0 Å². The first-order valence-electron chi connectivity index (χ1n) is 3.64. The zero-order valence-corrected chi connectivity index (χ0v) is 6.81. The van der Waals surface area contributed by atoms with Gasteiger partial charge in [0.15, 0.2) is 0 Å². The standard InChI is InChI=1S/C9H11NO2/c1-2-4-8-5-3-6-9(7-8)10(11)12/h2-7,11-12H,1H3. The molecular formula is C9H11NO2. The lowest BCUT2D eigenvalue weighted by atomic mass is 10.2. The normalized spacial score (nSPS) is 10.6. The molecule has 0 aliphatic heterocycles. The minimum absolute atomic E-state index is 0.104. The van der Waals surface area contributed by atoms with Gasteiger partial charge in [0, 0.05) is 0 Å². The molecule has 0 fully saturated rings. The molecule has 0 aromatic heterocycles. The van der Waals surface area contributed by atoms with E-state index in [0.717, 1.165) is 5.56 Å². The lowest BCUT2D eigenvalue weighted by Gasteiger charge is -2.07. The highest BCUT2D eigenvalue weighted by Crippen LogP contribution is 2.13. The van der Waals surface area contributed by atoms with Crippen molar-refractivity contribution in [3.05, 3.63) is 35.9 Å². The molecular weight excluding hydrogens is 154 g/mol. The number of benzene rings is 1. The molecule has 2 N–H and O–H groups in total. The van der Waals surface area contributed by atoms with Gasteiger partial charge in [-0.15, -0.1) is 5.23 Å². The molecule has 0 bridgehead atoms. The molecule has 0 radical (unpaired) electrons. The first-order chi connectivity index (χ1) is 5.74. The molecule has 0 saturated heterocycles. The Morgan fingerprint density at radius 3 is 2.67 bits per heavy atom. The molecule has 3 nitrogen and oxygen atoms in total. The van der Waals surface area contributed by atoms with E-state index < -0.39 is 0 Å².